The van der Waals surface area contributed by atoms with Crippen molar-refractivity contribution in [3.8, 4) is 0 Å². The molecule has 13 heavy (non-hydrogen) atoms. The van der Waals surface area contributed by atoms with E-state index in [1.54, 1.807) is 0 Å². The fourth-order valence-corrected chi connectivity index (χ4v) is 2.68. The molecule has 0 spiro atoms. The van der Waals surface area contributed by atoms with E-state index in [0.717, 1.165) is 18.3 Å². The van der Waals surface area contributed by atoms with E-state index in [2.05, 4.69) is 27.7 Å². The molecule has 0 aromatic carbocycles. The van der Waals surface area contributed by atoms with Crippen molar-refractivity contribution in [3.05, 3.63) is 0 Å². The average molecular weight is 184 g/mol. The monoisotopic (exact) mass is 184 g/mol. The van der Waals surface area contributed by atoms with E-state index < -0.39 is 0 Å². The minimum absolute atomic E-state index is 0.0868. The number of hydrogen-bond acceptors (Lipinski definition) is 1. The fourth-order valence-electron chi connectivity index (χ4n) is 2.68. The summed E-state index contributed by atoms with van der Waals surface area (Å²) in [6.07, 6.45) is 4.56. The first-order valence-corrected chi connectivity index (χ1v) is 5.67. The van der Waals surface area contributed by atoms with Crippen molar-refractivity contribution in [1.82, 2.24) is 0 Å². The summed E-state index contributed by atoms with van der Waals surface area (Å²) in [5.41, 5.74) is 0.212. The second-order valence-corrected chi connectivity index (χ2v) is 5.32. The van der Waals surface area contributed by atoms with Gasteiger partial charge in [0.1, 0.15) is 0 Å². The molecule has 1 nitrogen and oxygen atoms in total. The Morgan fingerprint density at radius 3 is 2.46 bits per heavy atom. The molecule has 0 amide bonds. The van der Waals surface area contributed by atoms with Gasteiger partial charge in [0.25, 0.3) is 0 Å². The Bertz CT molecular complexity index is 165. The molecule has 2 unspecified atom stereocenters. The number of hydrogen-bond donors (Lipinski definition) is 1. The predicted molar refractivity (Wildman–Crippen MR) is 56.6 cm³/mol. The summed E-state index contributed by atoms with van der Waals surface area (Å²) in [7, 11) is 0. The fraction of sp³-hybridized carbons (Fsp3) is 1.00. The summed E-state index contributed by atoms with van der Waals surface area (Å²) in [5, 5.41) is 9.92. The average Bonchev–Trinajstić information content (AvgIpc) is 2.48. The van der Waals surface area contributed by atoms with Crippen LogP contribution in [-0.4, -0.2) is 11.2 Å². The smallest absolute Gasteiger partial charge is 0.0591 e. The van der Waals surface area contributed by atoms with Gasteiger partial charge in [-0.1, -0.05) is 27.7 Å². The van der Waals surface area contributed by atoms with E-state index in [4.69, 9.17) is 0 Å². The van der Waals surface area contributed by atoms with Gasteiger partial charge in [-0.25, -0.2) is 0 Å². The van der Waals surface area contributed by atoms with Crippen LogP contribution in [-0.2, 0) is 0 Å². The molecular formula is C12H24O. The maximum absolute atomic E-state index is 9.92. The summed E-state index contributed by atoms with van der Waals surface area (Å²) in [6, 6.07) is 0. The van der Waals surface area contributed by atoms with Gasteiger partial charge in [-0.2, -0.15) is 0 Å². The number of aliphatic hydroxyl groups excluding tert-OH is 1. The maximum Gasteiger partial charge on any atom is 0.0591 e. The first kappa shape index (κ1) is 11.0. The van der Waals surface area contributed by atoms with Crippen molar-refractivity contribution >= 4 is 0 Å². The van der Waals surface area contributed by atoms with Crippen LogP contribution < -0.4 is 0 Å². The van der Waals surface area contributed by atoms with Crippen molar-refractivity contribution in [2.45, 2.75) is 59.5 Å². The normalized spacial score (nSPS) is 36.9. The van der Waals surface area contributed by atoms with Crippen molar-refractivity contribution in [3.63, 3.8) is 0 Å². The third-order valence-corrected chi connectivity index (χ3v) is 3.95. The molecule has 1 saturated carbocycles. The van der Waals surface area contributed by atoms with Gasteiger partial charge in [0.05, 0.1) is 6.10 Å². The van der Waals surface area contributed by atoms with E-state index in [0.29, 0.717) is 0 Å². The van der Waals surface area contributed by atoms with Crippen LogP contribution in [0.5, 0.6) is 0 Å². The summed E-state index contributed by atoms with van der Waals surface area (Å²) >= 11 is 0. The maximum atomic E-state index is 9.92. The van der Waals surface area contributed by atoms with Gasteiger partial charge in [-0.3, -0.25) is 0 Å². The highest BCUT2D eigenvalue weighted by atomic mass is 16.3. The zero-order valence-electron chi connectivity index (χ0n) is 9.51. The third-order valence-electron chi connectivity index (χ3n) is 3.95. The molecule has 0 bridgehead atoms. The molecule has 0 aromatic rings. The van der Waals surface area contributed by atoms with Crippen molar-refractivity contribution in [2.24, 2.45) is 17.3 Å². The second kappa shape index (κ2) is 4.00. The lowest BCUT2D eigenvalue weighted by atomic mass is 9.79. The Labute approximate surface area is 82.5 Å². The van der Waals surface area contributed by atoms with Gasteiger partial charge < -0.3 is 5.11 Å². The first-order chi connectivity index (χ1) is 5.99. The Morgan fingerprint density at radius 2 is 2.08 bits per heavy atom. The lowest BCUT2D eigenvalue weighted by Crippen LogP contribution is -2.29. The molecule has 1 rings (SSSR count). The van der Waals surface area contributed by atoms with Crippen molar-refractivity contribution in [2.75, 3.05) is 0 Å². The summed E-state index contributed by atoms with van der Waals surface area (Å²) in [5.74, 6) is 1.62. The molecule has 3 atom stereocenters. The van der Waals surface area contributed by atoms with E-state index in [1.807, 2.05) is 0 Å². The third kappa shape index (κ3) is 2.25. The van der Waals surface area contributed by atoms with Crippen LogP contribution in [0.3, 0.4) is 0 Å². The highest BCUT2D eigenvalue weighted by Gasteiger charge is 2.40. The van der Waals surface area contributed by atoms with Crippen molar-refractivity contribution in [1.29, 1.82) is 0 Å². The molecule has 0 heterocycles. The molecule has 1 heteroatoms. The Morgan fingerprint density at radius 1 is 1.46 bits per heavy atom. The summed E-state index contributed by atoms with van der Waals surface area (Å²) < 4.78 is 0. The molecule has 1 aliphatic rings. The molecular weight excluding hydrogens is 160 g/mol. The zero-order valence-corrected chi connectivity index (χ0v) is 9.51. The summed E-state index contributed by atoms with van der Waals surface area (Å²) in [6.45, 7) is 8.94. The largest absolute Gasteiger partial charge is 0.393 e. The molecule has 78 valence electrons. The molecule has 0 aliphatic heterocycles. The van der Waals surface area contributed by atoms with Gasteiger partial charge >= 0.3 is 0 Å². The van der Waals surface area contributed by atoms with E-state index in [9.17, 15) is 5.11 Å². The standard InChI is InChI=1S/C12H24O/c1-5-11(13)12(4)7-6-10(8-12)9(2)3/h9-11,13H,5-8H2,1-4H3/t10?,11?,12-/m0/s1. The van der Waals surface area contributed by atoms with E-state index >= 15 is 0 Å². The topological polar surface area (TPSA) is 20.2 Å². The highest BCUT2D eigenvalue weighted by Crippen LogP contribution is 2.47. The molecule has 0 radical (unpaired) electrons. The Balaban J connectivity index is 2.55. The Hall–Kier alpha value is -0.0400. The molecule has 1 N–H and O–H groups in total. The SMILES string of the molecule is CCC(O)[C@@]1(C)CCC(C(C)C)C1. The van der Waals surface area contributed by atoms with Gasteiger partial charge in [0.2, 0.25) is 0 Å². The lowest BCUT2D eigenvalue weighted by molar-refractivity contribution is 0.0346. The van der Waals surface area contributed by atoms with Crippen molar-refractivity contribution < 1.29 is 5.11 Å². The van der Waals surface area contributed by atoms with E-state index in [1.165, 1.54) is 19.3 Å². The lowest BCUT2D eigenvalue weighted by Gasteiger charge is -2.30. The zero-order chi connectivity index (χ0) is 10.1. The molecule has 1 fully saturated rings. The minimum atomic E-state index is -0.0868. The number of rotatable bonds is 3. The predicted octanol–water partition coefficient (Wildman–Crippen LogP) is 3.22. The molecule has 0 aromatic heterocycles. The van der Waals surface area contributed by atoms with Crippen LogP contribution >= 0.6 is 0 Å². The van der Waals surface area contributed by atoms with Crippen LogP contribution in [0.2, 0.25) is 0 Å². The van der Waals surface area contributed by atoms with Gasteiger partial charge in [0.15, 0.2) is 0 Å². The quantitative estimate of drug-likeness (QED) is 0.714. The van der Waals surface area contributed by atoms with Crippen LogP contribution in [0, 0.1) is 17.3 Å². The van der Waals surface area contributed by atoms with Crippen LogP contribution in [0.4, 0.5) is 0 Å². The minimum Gasteiger partial charge on any atom is -0.393 e. The second-order valence-electron chi connectivity index (χ2n) is 5.32. The van der Waals surface area contributed by atoms with Crippen LogP contribution in [0.15, 0.2) is 0 Å². The van der Waals surface area contributed by atoms with Crippen LogP contribution in [0.1, 0.15) is 53.4 Å². The highest BCUT2D eigenvalue weighted by molar-refractivity contribution is 4.91. The molecule has 0 saturated heterocycles. The first-order valence-electron chi connectivity index (χ1n) is 5.67. The Kier molecular flexibility index (Phi) is 3.39. The van der Waals surface area contributed by atoms with Gasteiger partial charge in [-0.15, -0.1) is 0 Å². The molecule has 1 aliphatic carbocycles. The van der Waals surface area contributed by atoms with Crippen LogP contribution in [0.25, 0.3) is 0 Å². The summed E-state index contributed by atoms with van der Waals surface area (Å²) in [4.78, 5) is 0. The van der Waals surface area contributed by atoms with Gasteiger partial charge in [-0.05, 0) is 42.9 Å². The van der Waals surface area contributed by atoms with Gasteiger partial charge in [0, 0.05) is 0 Å². The number of aliphatic hydroxyl groups is 1. The van der Waals surface area contributed by atoms with E-state index in [-0.39, 0.29) is 11.5 Å².